The van der Waals surface area contributed by atoms with Crippen LogP contribution in [0.2, 0.25) is 0 Å². The Bertz CT molecular complexity index is 1310. The quantitative estimate of drug-likeness (QED) is 0.422. The Morgan fingerprint density at radius 1 is 0.861 bits per heavy atom. The largest absolute Gasteiger partial charge is 0.497 e. The zero-order valence-corrected chi connectivity index (χ0v) is 20.1. The van der Waals surface area contributed by atoms with E-state index >= 15 is 0 Å². The summed E-state index contributed by atoms with van der Waals surface area (Å²) < 4.78 is 16.2. The molecule has 2 aliphatic rings. The molecular formula is C28H26N2O6. The lowest BCUT2D eigenvalue weighted by molar-refractivity contribution is -0.152. The van der Waals surface area contributed by atoms with Crippen LogP contribution in [0.3, 0.4) is 0 Å². The molecule has 2 amide bonds. The topological polar surface area (TPSA) is 94.2 Å². The summed E-state index contributed by atoms with van der Waals surface area (Å²) in [5.74, 6) is -2.39. The van der Waals surface area contributed by atoms with Crippen molar-refractivity contribution in [3.05, 3.63) is 90.0 Å². The molecule has 5 rings (SSSR count). The SMILES string of the molecule is COC(=O)[C@]1(c2ccccc2)N[C@H](c2ccc(OC)cc2OC)[C@@H]2C(=O)N(c3ccccc3)C(=O)[C@H]21. The van der Waals surface area contributed by atoms with E-state index in [1.54, 1.807) is 73.8 Å². The molecule has 36 heavy (non-hydrogen) atoms. The number of benzene rings is 3. The van der Waals surface area contributed by atoms with E-state index in [1.807, 2.05) is 12.1 Å². The van der Waals surface area contributed by atoms with E-state index in [4.69, 9.17) is 14.2 Å². The molecule has 4 atom stereocenters. The number of amides is 2. The van der Waals surface area contributed by atoms with Crippen molar-refractivity contribution < 1.29 is 28.6 Å². The summed E-state index contributed by atoms with van der Waals surface area (Å²) in [7, 11) is 4.35. The highest BCUT2D eigenvalue weighted by molar-refractivity contribution is 6.24. The molecule has 8 heteroatoms. The van der Waals surface area contributed by atoms with Crippen LogP contribution >= 0.6 is 0 Å². The van der Waals surface area contributed by atoms with Crippen molar-refractivity contribution in [1.82, 2.24) is 5.32 Å². The van der Waals surface area contributed by atoms with Gasteiger partial charge < -0.3 is 14.2 Å². The van der Waals surface area contributed by atoms with Gasteiger partial charge in [-0.2, -0.15) is 0 Å². The Kier molecular flexibility index (Phi) is 5.97. The van der Waals surface area contributed by atoms with Gasteiger partial charge in [-0.15, -0.1) is 0 Å². The number of esters is 1. The van der Waals surface area contributed by atoms with E-state index in [-0.39, 0.29) is 0 Å². The summed E-state index contributed by atoms with van der Waals surface area (Å²) in [6, 6.07) is 22.2. The van der Waals surface area contributed by atoms with Gasteiger partial charge >= 0.3 is 5.97 Å². The molecule has 2 saturated heterocycles. The first-order valence-electron chi connectivity index (χ1n) is 11.5. The molecule has 8 nitrogen and oxygen atoms in total. The number of imide groups is 1. The van der Waals surface area contributed by atoms with Crippen LogP contribution in [-0.2, 0) is 24.7 Å². The molecule has 2 aliphatic heterocycles. The molecule has 3 aromatic rings. The number of hydrogen-bond acceptors (Lipinski definition) is 7. The number of ether oxygens (including phenoxy) is 3. The zero-order valence-electron chi connectivity index (χ0n) is 20.1. The summed E-state index contributed by atoms with van der Waals surface area (Å²) in [6.07, 6.45) is 0. The minimum absolute atomic E-state index is 0.395. The van der Waals surface area contributed by atoms with Gasteiger partial charge in [0, 0.05) is 17.7 Å². The van der Waals surface area contributed by atoms with Crippen molar-refractivity contribution in [1.29, 1.82) is 0 Å². The summed E-state index contributed by atoms with van der Waals surface area (Å²) >= 11 is 0. The van der Waals surface area contributed by atoms with E-state index in [2.05, 4.69) is 5.32 Å². The maximum atomic E-state index is 14.0. The normalized spacial score (nSPS) is 25.0. The molecule has 0 saturated carbocycles. The van der Waals surface area contributed by atoms with Crippen LogP contribution in [0.25, 0.3) is 0 Å². The summed E-state index contributed by atoms with van der Waals surface area (Å²) in [5.41, 5.74) is 0.0326. The number of nitrogens with one attached hydrogen (secondary N) is 1. The Hall–Kier alpha value is -4.17. The number of methoxy groups -OCH3 is 3. The van der Waals surface area contributed by atoms with Crippen LogP contribution in [0.4, 0.5) is 5.69 Å². The molecule has 0 aromatic heterocycles. The monoisotopic (exact) mass is 486 g/mol. The molecule has 2 fully saturated rings. The van der Waals surface area contributed by atoms with E-state index in [0.717, 1.165) is 0 Å². The van der Waals surface area contributed by atoms with Crippen LogP contribution in [0.1, 0.15) is 17.2 Å². The Balaban J connectivity index is 1.75. The van der Waals surface area contributed by atoms with E-state index < -0.39 is 41.2 Å². The Labute approximate surface area is 208 Å². The van der Waals surface area contributed by atoms with Gasteiger partial charge in [0.1, 0.15) is 11.5 Å². The van der Waals surface area contributed by atoms with Crippen LogP contribution in [0.15, 0.2) is 78.9 Å². The fraction of sp³-hybridized carbons (Fsp3) is 0.250. The predicted octanol–water partition coefficient (Wildman–Crippen LogP) is 3.22. The van der Waals surface area contributed by atoms with Gasteiger partial charge in [0.05, 0.1) is 38.9 Å². The second-order valence-corrected chi connectivity index (χ2v) is 8.75. The van der Waals surface area contributed by atoms with Crippen LogP contribution in [0.5, 0.6) is 11.5 Å². The molecule has 0 bridgehead atoms. The molecule has 1 N–H and O–H groups in total. The lowest BCUT2D eigenvalue weighted by atomic mass is 9.75. The van der Waals surface area contributed by atoms with E-state index in [0.29, 0.717) is 28.3 Å². The highest BCUT2D eigenvalue weighted by Gasteiger charge is 2.70. The molecule has 0 spiro atoms. The van der Waals surface area contributed by atoms with Crippen molar-refractivity contribution in [2.45, 2.75) is 11.6 Å². The van der Waals surface area contributed by atoms with Gasteiger partial charge in [-0.1, -0.05) is 54.6 Å². The van der Waals surface area contributed by atoms with E-state index in [1.165, 1.54) is 19.1 Å². The third kappa shape index (κ3) is 3.37. The lowest BCUT2D eigenvalue weighted by Gasteiger charge is -2.33. The highest BCUT2D eigenvalue weighted by Crippen LogP contribution is 2.55. The second-order valence-electron chi connectivity index (χ2n) is 8.75. The molecule has 2 heterocycles. The number of para-hydroxylation sites is 1. The van der Waals surface area contributed by atoms with Crippen molar-refractivity contribution in [2.24, 2.45) is 11.8 Å². The standard InChI is InChI=1S/C28H26N2O6/c1-34-19-14-15-20(21(16-19)35-2)24-22-23(26(32)30(25(22)31)18-12-8-5-9-13-18)28(29-24,27(33)36-3)17-10-6-4-7-11-17/h4-16,22-24,29H,1-3H3/t22-,23+,24-,28-/m1/s1. The summed E-state index contributed by atoms with van der Waals surface area (Å²) in [5, 5.41) is 3.37. The second kappa shape index (κ2) is 9.13. The van der Waals surface area contributed by atoms with Crippen molar-refractivity contribution in [3.8, 4) is 11.5 Å². The first-order chi connectivity index (χ1) is 17.5. The first-order valence-corrected chi connectivity index (χ1v) is 11.5. The number of anilines is 1. The number of rotatable bonds is 6. The molecule has 184 valence electrons. The number of carbonyl (C=O) groups is 3. The van der Waals surface area contributed by atoms with Crippen LogP contribution < -0.4 is 19.7 Å². The fourth-order valence-electron chi connectivity index (χ4n) is 5.51. The maximum Gasteiger partial charge on any atom is 0.331 e. The predicted molar refractivity (Wildman–Crippen MR) is 131 cm³/mol. The average Bonchev–Trinajstić information content (AvgIpc) is 3.42. The summed E-state index contributed by atoms with van der Waals surface area (Å²) in [6.45, 7) is 0. The van der Waals surface area contributed by atoms with Crippen molar-refractivity contribution in [2.75, 3.05) is 26.2 Å². The van der Waals surface area contributed by atoms with Gasteiger partial charge in [-0.25, -0.2) is 9.69 Å². The third-order valence-electron chi connectivity index (χ3n) is 7.09. The van der Waals surface area contributed by atoms with Gasteiger partial charge in [-0.3, -0.25) is 14.9 Å². The van der Waals surface area contributed by atoms with Crippen LogP contribution in [-0.4, -0.2) is 39.1 Å². The fourth-order valence-corrected chi connectivity index (χ4v) is 5.51. The number of hydrogen-bond donors (Lipinski definition) is 1. The zero-order chi connectivity index (χ0) is 25.4. The average molecular weight is 487 g/mol. The summed E-state index contributed by atoms with van der Waals surface area (Å²) in [4.78, 5) is 42.8. The molecule has 0 radical (unpaired) electrons. The van der Waals surface area contributed by atoms with Gasteiger partial charge in [0.25, 0.3) is 0 Å². The number of fused-ring (bicyclic) bond motifs is 1. The minimum Gasteiger partial charge on any atom is -0.497 e. The van der Waals surface area contributed by atoms with Crippen LogP contribution in [0, 0.1) is 11.8 Å². The molecule has 0 aliphatic carbocycles. The Morgan fingerprint density at radius 3 is 2.14 bits per heavy atom. The molecule has 3 aromatic carbocycles. The number of nitrogens with zero attached hydrogens (tertiary/aromatic N) is 1. The van der Waals surface area contributed by atoms with E-state index in [9.17, 15) is 14.4 Å². The number of carbonyl (C=O) groups excluding carboxylic acids is 3. The van der Waals surface area contributed by atoms with Gasteiger partial charge in [-0.05, 0) is 23.8 Å². The minimum atomic E-state index is -1.59. The smallest absolute Gasteiger partial charge is 0.331 e. The lowest BCUT2D eigenvalue weighted by Crippen LogP contribution is -2.53. The van der Waals surface area contributed by atoms with Crippen molar-refractivity contribution >= 4 is 23.5 Å². The van der Waals surface area contributed by atoms with Crippen molar-refractivity contribution in [3.63, 3.8) is 0 Å². The maximum absolute atomic E-state index is 14.0. The first kappa shape index (κ1) is 23.6. The molecular weight excluding hydrogens is 460 g/mol. The van der Waals surface area contributed by atoms with Gasteiger partial charge in [0.15, 0.2) is 5.54 Å². The highest BCUT2D eigenvalue weighted by atomic mass is 16.5. The Morgan fingerprint density at radius 2 is 1.53 bits per heavy atom. The molecule has 0 unspecified atom stereocenters. The van der Waals surface area contributed by atoms with Gasteiger partial charge in [0.2, 0.25) is 11.8 Å². The third-order valence-corrected chi connectivity index (χ3v) is 7.09.